The van der Waals surface area contributed by atoms with Gasteiger partial charge in [-0.2, -0.15) is 0 Å². The van der Waals surface area contributed by atoms with E-state index in [9.17, 15) is 0 Å². The Morgan fingerprint density at radius 3 is 2.65 bits per heavy atom. The number of fused-ring (bicyclic) bond motifs is 1. The van der Waals surface area contributed by atoms with Crippen molar-refractivity contribution in [3.8, 4) is 0 Å². The minimum atomic E-state index is 0.810. The van der Waals surface area contributed by atoms with Crippen LogP contribution in [0.25, 0.3) is 11.0 Å². The SMILES string of the molecule is Cc1nc2cc(NCc3ccc(Br)cc3)ccc2n1C. The van der Waals surface area contributed by atoms with Gasteiger partial charge in [0.05, 0.1) is 11.0 Å². The maximum absolute atomic E-state index is 4.56. The van der Waals surface area contributed by atoms with Gasteiger partial charge < -0.3 is 9.88 Å². The van der Waals surface area contributed by atoms with Gasteiger partial charge in [-0.25, -0.2) is 4.98 Å². The average Bonchev–Trinajstić information content (AvgIpc) is 2.73. The lowest BCUT2D eigenvalue weighted by molar-refractivity contribution is 0.886. The van der Waals surface area contributed by atoms with Crippen molar-refractivity contribution >= 4 is 32.7 Å². The number of nitrogens with zero attached hydrogens (tertiary/aromatic N) is 2. The highest BCUT2D eigenvalue weighted by molar-refractivity contribution is 9.10. The fraction of sp³-hybridized carbons (Fsp3) is 0.188. The molecule has 4 heteroatoms. The molecule has 3 rings (SSSR count). The van der Waals surface area contributed by atoms with Crippen LogP contribution in [-0.4, -0.2) is 9.55 Å². The van der Waals surface area contributed by atoms with Crippen LogP contribution in [0.2, 0.25) is 0 Å². The van der Waals surface area contributed by atoms with Crippen LogP contribution in [0, 0.1) is 6.92 Å². The minimum absolute atomic E-state index is 0.810. The van der Waals surface area contributed by atoms with Crippen molar-refractivity contribution in [2.45, 2.75) is 13.5 Å². The van der Waals surface area contributed by atoms with Gasteiger partial charge in [0.25, 0.3) is 0 Å². The monoisotopic (exact) mass is 329 g/mol. The van der Waals surface area contributed by atoms with Gasteiger partial charge in [0, 0.05) is 23.8 Å². The van der Waals surface area contributed by atoms with Crippen LogP contribution in [-0.2, 0) is 13.6 Å². The zero-order valence-corrected chi connectivity index (χ0v) is 13.1. The standard InChI is InChI=1S/C16H16BrN3/c1-11-19-15-9-14(7-8-16(15)20(11)2)18-10-12-3-5-13(17)6-4-12/h3-9,18H,10H2,1-2H3. The molecule has 1 N–H and O–H groups in total. The number of rotatable bonds is 3. The summed E-state index contributed by atoms with van der Waals surface area (Å²) in [4.78, 5) is 4.56. The largest absolute Gasteiger partial charge is 0.381 e. The van der Waals surface area contributed by atoms with Gasteiger partial charge in [-0.05, 0) is 42.8 Å². The number of nitrogens with one attached hydrogen (secondary N) is 1. The quantitative estimate of drug-likeness (QED) is 0.778. The Bertz CT molecular complexity index is 744. The molecule has 102 valence electrons. The highest BCUT2D eigenvalue weighted by atomic mass is 79.9. The molecule has 0 spiro atoms. The van der Waals surface area contributed by atoms with E-state index in [0.29, 0.717) is 0 Å². The van der Waals surface area contributed by atoms with Crippen LogP contribution < -0.4 is 5.32 Å². The Morgan fingerprint density at radius 1 is 1.15 bits per heavy atom. The fourth-order valence-corrected chi connectivity index (χ4v) is 2.50. The molecule has 2 aromatic carbocycles. The third kappa shape index (κ3) is 2.56. The second kappa shape index (κ2) is 5.29. The number of imidazole rings is 1. The molecule has 0 bridgehead atoms. The Labute approximate surface area is 126 Å². The Kier molecular flexibility index (Phi) is 3.49. The molecule has 0 saturated heterocycles. The molecule has 1 aromatic heterocycles. The van der Waals surface area contributed by atoms with Gasteiger partial charge in [0.2, 0.25) is 0 Å². The molecule has 1 heterocycles. The first-order valence-electron chi connectivity index (χ1n) is 6.55. The lowest BCUT2D eigenvalue weighted by Crippen LogP contribution is -1.99. The number of aryl methyl sites for hydroxylation is 2. The summed E-state index contributed by atoms with van der Waals surface area (Å²) < 4.78 is 3.21. The van der Waals surface area contributed by atoms with E-state index in [-0.39, 0.29) is 0 Å². The van der Waals surface area contributed by atoms with Crippen molar-refractivity contribution in [3.63, 3.8) is 0 Å². The van der Waals surface area contributed by atoms with Crippen LogP contribution >= 0.6 is 15.9 Å². The molecule has 0 aliphatic rings. The normalized spacial score (nSPS) is 10.9. The highest BCUT2D eigenvalue weighted by Crippen LogP contribution is 2.20. The Hall–Kier alpha value is -1.81. The number of halogens is 1. The van der Waals surface area contributed by atoms with Gasteiger partial charge in [0.15, 0.2) is 0 Å². The van der Waals surface area contributed by atoms with Crippen LogP contribution in [0.3, 0.4) is 0 Å². The first kappa shape index (κ1) is 13.2. The highest BCUT2D eigenvalue weighted by Gasteiger charge is 2.04. The van der Waals surface area contributed by atoms with Gasteiger partial charge in [-0.15, -0.1) is 0 Å². The lowest BCUT2D eigenvalue weighted by Gasteiger charge is -2.07. The van der Waals surface area contributed by atoms with Crippen molar-refractivity contribution in [2.75, 3.05) is 5.32 Å². The number of aromatic nitrogens is 2. The second-order valence-corrected chi connectivity index (χ2v) is 5.82. The molecule has 0 aliphatic heterocycles. The summed E-state index contributed by atoms with van der Waals surface area (Å²) in [6.07, 6.45) is 0. The minimum Gasteiger partial charge on any atom is -0.381 e. The maximum Gasteiger partial charge on any atom is 0.106 e. The summed E-state index contributed by atoms with van der Waals surface area (Å²) in [5, 5.41) is 3.44. The van der Waals surface area contributed by atoms with Crippen molar-refractivity contribution in [3.05, 3.63) is 58.3 Å². The van der Waals surface area contributed by atoms with Crippen molar-refractivity contribution in [1.29, 1.82) is 0 Å². The zero-order valence-electron chi connectivity index (χ0n) is 11.5. The van der Waals surface area contributed by atoms with Crippen molar-refractivity contribution in [1.82, 2.24) is 9.55 Å². The van der Waals surface area contributed by atoms with Crippen LogP contribution in [0.4, 0.5) is 5.69 Å². The molecule has 0 unspecified atom stereocenters. The summed E-state index contributed by atoms with van der Waals surface area (Å²) >= 11 is 3.45. The van der Waals surface area contributed by atoms with Gasteiger partial charge in [-0.3, -0.25) is 0 Å². The topological polar surface area (TPSA) is 29.9 Å². The third-order valence-electron chi connectivity index (χ3n) is 3.51. The van der Waals surface area contributed by atoms with E-state index < -0.39 is 0 Å². The van der Waals surface area contributed by atoms with E-state index >= 15 is 0 Å². The van der Waals surface area contributed by atoms with Crippen molar-refractivity contribution in [2.24, 2.45) is 7.05 Å². The summed E-state index contributed by atoms with van der Waals surface area (Å²) in [7, 11) is 2.04. The van der Waals surface area contributed by atoms with E-state index in [1.54, 1.807) is 0 Å². The summed E-state index contributed by atoms with van der Waals surface area (Å²) in [6, 6.07) is 14.6. The number of anilines is 1. The molecular formula is C16H16BrN3. The van der Waals surface area contributed by atoms with Gasteiger partial charge >= 0.3 is 0 Å². The van der Waals surface area contributed by atoms with E-state index in [2.05, 4.69) is 73.3 Å². The third-order valence-corrected chi connectivity index (χ3v) is 4.04. The zero-order chi connectivity index (χ0) is 14.1. The van der Waals surface area contributed by atoms with Crippen molar-refractivity contribution < 1.29 is 0 Å². The molecule has 3 aromatic rings. The molecule has 3 nitrogen and oxygen atoms in total. The fourth-order valence-electron chi connectivity index (χ4n) is 2.24. The molecular weight excluding hydrogens is 314 g/mol. The lowest BCUT2D eigenvalue weighted by atomic mass is 10.2. The smallest absolute Gasteiger partial charge is 0.106 e. The second-order valence-electron chi connectivity index (χ2n) is 4.90. The first-order chi connectivity index (χ1) is 9.63. The molecule has 20 heavy (non-hydrogen) atoms. The van der Waals surface area contributed by atoms with Crippen LogP contribution in [0.15, 0.2) is 46.9 Å². The molecule has 0 amide bonds. The first-order valence-corrected chi connectivity index (χ1v) is 7.34. The van der Waals surface area contributed by atoms with E-state index in [1.165, 1.54) is 5.56 Å². The summed E-state index contributed by atoms with van der Waals surface area (Å²) in [5.74, 6) is 1.03. The van der Waals surface area contributed by atoms with E-state index in [0.717, 1.165) is 33.6 Å². The Balaban J connectivity index is 1.79. The number of hydrogen-bond acceptors (Lipinski definition) is 2. The summed E-state index contributed by atoms with van der Waals surface area (Å²) in [5.41, 5.74) is 4.55. The van der Waals surface area contributed by atoms with E-state index in [4.69, 9.17) is 0 Å². The number of hydrogen-bond donors (Lipinski definition) is 1. The average molecular weight is 330 g/mol. The molecule has 0 atom stereocenters. The molecule has 0 saturated carbocycles. The van der Waals surface area contributed by atoms with Gasteiger partial charge in [0.1, 0.15) is 5.82 Å². The number of benzene rings is 2. The predicted molar refractivity (Wildman–Crippen MR) is 86.9 cm³/mol. The van der Waals surface area contributed by atoms with Crippen LogP contribution in [0.5, 0.6) is 0 Å². The maximum atomic E-state index is 4.56. The Morgan fingerprint density at radius 2 is 1.90 bits per heavy atom. The summed E-state index contributed by atoms with van der Waals surface area (Å²) in [6.45, 7) is 2.83. The van der Waals surface area contributed by atoms with E-state index in [1.807, 2.05) is 14.0 Å². The molecule has 0 aliphatic carbocycles. The van der Waals surface area contributed by atoms with Gasteiger partial charge in [-0.1, -0.05) is 28.1 Å². The molecule has 0 fully saturated rings. The predicted octanol–water partition coefficient (Wildman–Crippen LogP) is 4.26. The van der Waals surface area contributed by atoms with Crippen LogP contribution in [0.1, 0.15) is 11.4 Å². The molecule has 0 radical (unpaired) electrons.